The molecule has 1 unspecified atom stereocenters. The lowest BCUT2D eigenvalue weighted by Gasteiger charge is -2.42. The molecule has 4 nitrogen and oxygen atoms in total. The van der Waals surface area contributed by atoms with Crippen molar-refractivity contribution in [3.63, 3.8) is 0 Å². The van der Waals surface area contributed by atoms with Gasteiger partial charge in [-0.3, -0.25) is 4.79 Å². The number of hydrogen-bond donors (Lipinski definition) is 0. The molecule has 1 heterocycles. The molecule has 4 heteroatoms. The van der Waals surface area contributed by atoms with Crippen LogP contribution >= 0.6 is 0 Å². The summed E-state index contributed by atoms with van der Waals surface area (Å²) in [5.41, 5.74) is 0.269. The Kier molecular flexibility index (Phi) is 3.69. The zero-order valence-electron chi connectivity index (χ0n) is 12.4. The number of benzene rings is 1. The van der Waals surface area contributed by atoms with Crippen LogP contribution in [0.25, 0.3) is 0 Å². The molecular weight excluding hydrogens is 256 g/mol. The zero-order chi connectivity index (χ0) is 15.0. The summed E-state index contributed by atoms with van der Waals surface area (Å²) in [7, 11) is 1.35. The van der Waals surface area contributed by atoms with E-state index in [4.69, 9.17) is 4.74 Å². The van der Waals surface area contributed by atoms with Crippen molar-refractivity contribution in [1.29, 1.82) is 0 Å². The second-order valence-electron chi connectivity index (χ2n) is 6.05. The number of rotatable bonds is 2. The molecule has 1 aromatic rings. The van der Waals surface area contributed by atoms with Crippen molar-refractivity contribution in [3.05, 3.63) is 35.4 Å². The molecule has 0 radical (unpaired) electrons. The van der Waals surface area contributed by atoms with Crippen molar-refractivity contribution in [3.8, 4) is 0 Å². The van der Waals surface area contributed by atoms with E-state index in [1.807, 2.05) is 32.9 Å². The van der Waals surface area contributed by atoms with Gasteiger partial charge in [0, 0.05) is 12.8 Å². The Morgan fingerprint density at radius 1 is 1.15 bits per heavy atom. The average Bonchev–Trinajstić information content (AvgIpc) is 2.35. The van der Waals surface area contributed by atoms with E-state index in [9.17, 15) is 9.59 Å². The Balaban J connectivity index is 2.30. The Morgan fingerprint density at radius 3 is 2.25 bits per heavy atom. The Labute approximate surface area is 119 Å². The van der Waals surface area contributed by atoms with Gasteiger partial charge >= 0.3 is 5.97 Å². The van der Waals surface area contributed by atoms with Crippen LogP contribution in [0.5, 0.6) is 0 Å². The fourth-order valence-electron chi connectivity index (χ4n) is 2.83. The number of methoxy groups -OCH3 is 1. The second kappa shape index (κ2) is 5.02. The fourth-order valence-corrected chi connectivity index (χ4v) is 2.83. The van der Waals surface area contributed by atoms with Gasteiger partial charge in [-0.25, -0.2) is 4.79 Å². The minimum Gasteiger partial charge on any atom is -0.465 e. The monoisotopic (exact) mass is 276 g/mol. The van der Waals surface area contributed by atoms with Crippen LogP contribution in [0.4, 0.5) is 0 Å². The number of hydrogen-bond acceptors (Lipinski definition) is 4. The molecule has 0 aliphatic carbocycles. The minimum absolute atomic E-state index is 0.195. The first-order chi connectivity index (χ1) is 9.26. The van der Waals surface area contributed by atoms with E-state index in [0.717, 1.165) is 5.56 Å². The quantitative estimate of drug-likeness (QED) is 0.779. The second-order valence-corrected chi connectivity index (χ2v) is 6.05. The molecule has 1 aromatic carbocycles. The van der Waals surface area contributed by atoms with Crippen LogP contribution in [-0.2, 0) is 19.9 Å². The standard InChI is InChI=1S/C16H20O4/c1-15(2)9-13(17)10-16(3,20-15)12-7-5-11(6-8-12)14(18)19-4/h5-8H,9-10H2,1-4H3. The van der Waals surface area contributed by atoms with Crippen LogP contribution in [0.15, 0.2) is 24.3 Å². The summed E-state index contributed by atoms with van der Waals surface area (Å²) >= 11 is 0. The van der Waals surface area contributed by atoms with Crippen molar-refractivity contribution in [1.82, 2.24) is 0 Å². The van der Waals surface area contributed by atoms with E-state index < -0.39 is 11.2 Å². The number of esters is 1. The number of ketones is 1. The van der Waals surface area contributed by atoms with Crippen molar-refractivity contribution in [2.45, 2.75) is 44.8 Å². The summed E-state index contributed by atoms with van der Waals surface area (Å²) in [4.78, 5) is 23.4. The third-order valence-corrected chi connectivity index (χ3v) is 3.58. The van der Waals surface area contributed by atoms with Gasteiger partial charge in [0.2, 0.25) is 0 Å². The van der Waals surface area contributed by atoms with Gasteiger partial charge in [-0.15, -0.1) is 0 Å². The smallest absolute Gasteiger partial charge is 0.337 e. The highest BCUT2D eigenvalue weighted by molar-refractivity contribution is 5.89. The van der Waals surface area contributed by atoms with E-state index in [1.165, 1.54) is 7.11 Å². The summed E-state index contributed by atoms with van der Waals surface area (Å²) < 4.78 is 10.8. The first-order valence-electron chi connectivity index (χ1n) is 6.66. The third kappa shape index (κ3) is 2.90. The van der Waals surface area contributed by atoms with E-state index in [1.54, 1.807) is 12.1 Å². The normalized spacial score (nSPS) is 25.3. The Bertz CT molecular complexity index is 530. The maximum atomic E-state index is 11.9. The third-order valence-electron chi connectivity index (χ3n) is 3.58. The van der Waals surface area contributed by atoms with Crippen LogP contribution in [0.1, 0.15) is 49.5 Å². The van der Waals surface area contributed by atoms with Crippen molar-refractivity contribution in [2.75, 3.05) is 7.11 Å². The molecule has 2 rings (SSSR count). The van der Waals surface area contributed by atoms with Gasteiger partial charge in [0.1, 0.15) is 5.78 Å². The van der Waals surface area contributed by atoms with Crippen molar-refractivity contribution < 1.29 is 19.1 Å². The molecule has 1 saturated heterocycles. The molecule has 1 fully saturated rings. The molecule has 1 aliphatic heterocycles. The van der Waals surface area contributed by atoms with Crippen molar-refractivity contribution in [2.24, 2.45) is 0 Å². The number of ether oxygens (including phenoxy) is 2. The first-order valence-corrected chi connectivity index (χ1v) is 6.66. The predicted molar refractivity (Wildman–Crippen MR) is 74.5 cm³/mol. The summed E-state index contributed by atoms with van der Waals surface area (Å²) in [5, 5.41) is 0. The molecule has 108 valence electrons. The van der Waals surface area contributed by atoms with Crippen molar-refractivity contribution >= 4 is 11.8 Å². The molecule has 0 bridgehead atoms. The van der Waals surface area contributed by atoms with Gasteiger partial charge in [0.15, 0.2) is 0 Å². The molecule has 0 aromatic heterocycles. The average molecular weight is 276 g/mol. The molecule has 0 N–H and O–H groups in total. The van der Waals surface area contributed by atoms with Gasteiger partial charge in [0.05, 0.1) is 23.9 Å². The summed E-state index contributed by atoms with van der Waals surface area (Å²) in [6.45, 7) is 5.76. The summed E-state index contributed by atoms with van der Waals surface area (Å²) in [6, 6.07) is 7.03. The lowest BCUT2D eigenvalue weighted by molar-refractivity contribution is -0.178. The SMILES string of the molecule is COC(=O)c1ccc(C2(C)CC(=O)CC(C)(C)O2)cc1. The summed E-state index contributed by atoms with van der Waals surface area (Å²) in [6.07, 6.45) is 0.789. The molecule has 0 spiro atoms. The predicted octanol–water partition coefficient (Wildman–Crippen LogP) is 2.85. The highest BCUT2D eigenvalue weighted by Gasteiger charge is 2.42. The molecule has 0 saturated carbocycles. The largest absolute Gasteiger partial charge is 0.465 e. The minimum atomic E-state index is -0.645. The van der Waals surface area contributed by atoms with Crippen LogP contribution < -0.4 is 0 Å². The van der Waals surface area contributed by atoms with Gasteiger partial charge in [0.25, 0.3) is 0 Å². The molecular formula is C16H20O4. The van der Waals surface area contributed by atoms with E-state index in [2.05, 4.69) is 4.74 Å². The maximum Gasteiger partial charge on any atom is 0.337 e. The van der Waals surface area contributed by atoms with Gasteiger partial charge in [-0.05, 0) is 38.5 Å². The lowest BCUT2D eigenvalue weighted by atomic mass is 9.82. The van der Waals surface area contributed by atoms with Crippen LogP contribution in [0, 0.1) is 0 Å². The number of carbonyl (C=O) groups excluding carboxylic acids is 2. The molecule has 1 aliphatic rings. The fraction of sp³-hybridized carbons (Fsp3) is 0.500. The van der Waals surface area contributed by atoms with Crippen LogP contribution in [0.3, 0.4) is 0 Å². The number of carbonyl (C=O) groups is 2. The molecule has 1 atom stereocenters. The first kappa shape index (κ1) is 14.7. The van der Waals surface area contributed by atoms with Gasteiger partial charge < -0.3 is 9.47 Å². The van der Waals surface area contributed by atoms with E-state index in [0.29, 0.717) is 18.4 Å². The van der Waals surface area contributed by atoms with Crippen LogP contribution in [0.2, 0.25) is 0 Å². The van der Waals surface area contributed by atoms with E-state index in [-0.39, 0.29) is 11.8 Å². The topological polar surface area (TPSA) is 52.6 Å². The number of Topliss-reactive ketones (excluding diaryl/α,β-unsaturated/α-hetero) is 1. The Morgan fingerprint density at radius 2 is 1.75 bits per heavy atom. The van der Waals surface area contributed by atoms with Crippen LogP contribution in [-0.4, -0.2) is 24.5 Å². The highest BCUT2D eigenvalue weighted by atomic mass is 16.5. The lowest BCUT2D eigenvalue weighted by Crippen LogP contribution is -2.45. The van der Waals surface area contributed by atoms with Gasteiger partial charge in [-0.2, -0.15) is 0 Å². The molecule has 0 amide bonds. The maximum absolute atomic E-state index is 11.9. The Hall–Kier alpha value is -1.68. The molecule has 20 heavy (non-hydrogen) atoms. The highest BCUT2D eigenvalue weighted by Crippen LogP contribution is 2.40. The van der Waals surface area contributed by atoms with Gasteiger partial charge in [-0.1, -0.05) is 12.1 Å². The zero-order valence-corrected chi connectivity index (χ0v) is 12.4. The van der Waals surface area contributed by atoms with E-state index >= 15 is 0 Å². The summed E-state index contributed by atoms with van der Waals surface area (Å²) in [5.74, 6) is -0.177.